The maximum atomic E-state index is 12.5. The zero-order valence-corrected chi connectivity index (χ0v) is 12.1. The third-order valence-corrected chi connectivity index (χ3v) is 4.52. The van der Waals surface area contributed by atoms with Gasteiger partial charge < -0.3 is 9.84 Å². The van der Waals surface area contributed by atoms with Crippen LogP contribution in [-0.4, -0.2) is 10.9 Å². The van der Waals surface area contributed by atoms with Crippen LogP contribution in [0.3, 0.4) is 0 Å². The second kappa shape index (κ2) is 4.73. The number of aliphatic hydroxyl groups is 1. The number of ether oxygens (including phenoxy) is 1. The summed E-state index contributed by atoms with van der Waals surface area (Å²) in [5.74, 6) is 0.666. The van der Waals surface area contributed by atoms with Gasteiger partial charge in [-0.15, -0.1) is 0 Å². The van der Waals surface area contributed by atoms with E-state index in [-0.39, 0.29) is 11.5 Å². The largest absolute Gasteiger partial charge is 0.507 e. The Morgan fingerprint density at radius 1 is 1.00 bits per heavy atom. The van der Waals surface area contributed by atoms with Gasteiger partial charge in [0.2, 0.25) is 0 Å². The number of benzene rings is 2. The summed E-state index contributed by atoms with van der Waals surface area (Å²) in [4.78, 5) is 12.5. The Hall–Kier alpha value is -2.55. The van der Waals surface area contributed by atoms with E-state index in [2.05, 4.69) is 0 Å². The first-order valence-corrected chi connectivity index (χ1v) is 7.53. The van der Waals surface area contributed by atoms with Crippen LogP contribution < -0.4 is 4.74 Å². The van der Waals surface area contributed by atoms with Crippen molar-refractivity contribution in [3.05, 3.63) is 71.3 Å². The van der Waals surface area contributed by atoms with Gasteiger partial charge in [-0.05, 0) is 25.0 Å². The van der Waals surface area contributed by atoms with Crippen LogP contribution in [0.25, 0.3) is 5.76 Å². The van der Waals surface area contributed by atoms with Gasteiger partial charge in [-0.1, -0.05) is 42.5 Å². The van der Waals surface area contributed by atoms with Crippen molar-refractivity contribution >= 4 is 11.5 Å². The number of hydrogen-bond acceptors (Lipinski definition) is 3. The average Bonchev–Trinajstić information content (AvgIpc) is 2.56. The number of ketones is 1. The molecule has 4 rings (SSSR count). The molecule has 1 unspecified atom stereocenters. The molecule has 2 aromatic carbocycles. The fraction of sp³-hybridized carbons (Fsp3) is 0.211. The van der Waals surface area contributed by atoms with E-state index in [4.69, 9.17) is 4.74 Å². The van der Waals surface area contributed by atoms with E-state index in [1.54, 1.807) is 6.07 Å². The molecular formula is C19H16O3. The van der Waals surface area contributed by atoms with E-state index in [0.29, 0.717) is 29.7 Å². The number of carbonyl (C=O) groups is 1. The number of carbonyl (C=O) groups excluding carboxylic acids is 1. The Bertz CT molecular complexity index is 776. The van der Waals surface area contributed by atoms with Gasteiger partial charge in [-0.3, -0.25) is 4.79 Å². The molecule has 1 atom stereocenters. The van der Waals surface area contributed by atoms with Gasteiger partial charge in [0.25, 0.3) is 0 Å². The molecule has 0 radical (unpaired) electrons. The van der Waals surface area contributed by atoms with Crippen molar-refractivity contribution in [1.82, 2.24) is 0 Å². The maximum Gasteiger partial charge on any atom is 0.166 e. The molecule has 110 valence electrons. The lowest BCUT2D eigenvalue weighted by Gasteiger charge is -2.42. The Morgan fingerprint density at radius 3 is 2.55 bits per heavy atom. The fourth-order valence-corrected chi connectivity index (χ4v) is 3.53. The summed E-state index contributed by atoms with van der Waals surface area (Å²) >= 11 is 0. The highest BCUT2D eigenvalue weighted by atomic mass is 16.5. The monoisotopic (exact) mass is 292 g/mol. The first kappa shape index (κ1) is 13.1. The van der Waals surface area contributed by atoms with E-state index in [0.717, 1.165) is 12.0 Å². The fourth-order valence-electron chi connectivity index (χ4n) is 3.53. The lowest BCUT2D eigenvalue weighted by molar-refractivity contribution is -0.120. The van der Waals surface area contributed by atoms with Crippen LogP contribution in [0.5, 0.6) is 5.75 Å². The molecule has 3 nitrogen and oxygen atoms in total. The lowest BCUT2D eigenvalue weighted by atomic mass is 9.72. The number of fused-ring (bicyclic) bond motifs is 2. The van der Waals surface area contributed by atoms with E-state index in [1.165, 1.54) is 0 Å². The summed E-state index contributed by atoms with van der Waals surface area (Å²) in [6.07, 6.45) is 1.91. The summed E-state index contributed by atoms with van der Waals surface area (Å²) < 4.78 is 6.31. The summed E-state index contributed by atoms with van der Waals surface area (Å²) in [6, 6.07) is 17.1. The summed E-state index contributed by atoms with van der Waals surface area (Å²) in [6.45, 7) is 0. The molecule has 0 amide bonds. The molecule has 1 aliphatic carbocycles. The lowest BCUT2D eigenvalue weighted by Crippen LogP contribution is -2.44. The smallest absolute Gasteiger partial charge is 0.166 e. The van der Waals surface area contributed by atoms with Gasteiger partial charge >= 0.3 is 0 Å². The number of rotatable bonds is 1. The quantitative estimate of drug-likeness (QED) is 0.864. The zero-order chi connectivity index (χ0) is 15.2. The van der Waals surface area contributed by atoms with Crippen LogP contribution in [0.4, 0.5) is 0 Å². The molecule has 1 N–H and O–H groups in total. The molecule has 0 bridgehead atoms. The number of Topliss-reactive ketones (excluding diaryl/α,β-unsaturated/α-hetero) is 1. The molecule has 1 saturated carbocycles. The molecule has 0 spiro atoms. The predicted octanol–water partition coefficient (Wildman–Crippen LogP) is 4.00. The van der Waals surface area contributed by atoms with Gasteiger partial charge in [0, 0.05) is 12.0 Å². The normalized spacial score (nSPS) is 23.5. The van der Waals surface area contributed by atoms with Crippen molar-refractivity contribution in [3.63, 3.8) is 0 Å². The minimum Gasteiger partial charge on any atom is -0.507 e. The topological polar surface area (TPSA) is 46.5 Å². The van der Waals surface area contributed by atoms with Gasteiger partial charge in [-0.25, -0.2) is 0 Å². The summed E-state index contributed by atoms with van der Waals surface area (Å²) in [5.41, 5.74) is 1.05. The van der Waals surface area contributed by atoms with Crippen LogP contribution in [0.2, 0.25) is 0 Å². The van der Waals surface area contributed by atoms with Gasteiger partial charge in [0.15, 0.2) is 11.4 Å². The van der Waals surface area contributed by atoms with Crippen molar-refractivity contribution in [1.29, 1.82) is 0 Å². The van der Waals surface area contributed by atoms with E-state index < -0.39 is 5.60 Å². The van der Waals surface area contributed by atoms with Crippen molar-refractivity contribution in [2.45, 2.75) is 24.9 Å². The molecule has 2 aliphatic rings. The van der Waals surface area contributed by atoms with E-state index in [9.17, 15) is 9.90 Å². The molecule has 1 fully saturated rings. The van der Waals surface area contributed by atoms with Gasteiger partial charge in [0.05, 0.1) is 11.1 Å². The Kier molecular flexibility index (Phi) is 2.83. The average molecular weight is 292 g/mol. The number of aliphatic hydroxyl groups excluding tert-OH is 1. The van der Waals surface area contributed by atoms with Crippen LogP contribution in [-0.2, 0) is 10.4 Å². The predicted molar refractivity (Wildman–Crippen MR) is 83.6 cm³/mol. The minimum absolute atomic E-state index is 0.0258. The zero-order valence-electron chi connectivity index (χ0n) is 12.1. The molecule has 0 aromatic heterocycles. The minimum atomic E-state index is -0.866. The number of para-hydroxylation sites is 1. The Morgan fingerprint density at radius 2 is 1.73 bits per heavy atom. The molecule has 2 aromatic rings. The van der Waals surface area contributed by atoms with Crippen LogP contribution in [0.1, 0.15) is 30.4 Å². The van der Waals surface area contributed by atoms with Crippen molar-refractivity contribution in [3.8, 4) is 5.75 Å². The summed E-state index contributed by atoms with van der Waals surface area (Å²) in [5, 5.41) is 10.7. The molecule has 3 heteroatoms. The Labute approximate surface area is 128 Å². The standard InChI is InChI=1S/C19H16O3/c20-15-10-6-12-19(13-7-2-1-3-8-13)17(15)18(21)14-9-4-5-11-16(14)22-19/h1-5,7-9,11,21H,6,10,12H2. The van der Waals surface area contributed by atoms with Gasteiger partial charge in [-0.2, -0.15) is 0 Å². The molecule has 1 heterocycles. The van der Waals surface area contributed by atoms with Crippen LogP contribution in [0, 0.1) is 0 Å². The summed E-state index contributed by atoms with van der Waals surface area (Å²) in [7, 11) is 0. The molecule has 0 saturated heterocycles. The molecule has 1 aliphatic heterocycles. The molecular weight excluding hydrogens is 276 g/mol. The highest BCUT2D eigenvalue weighted by molar-refractivity contribution is 6.05. The first-order valence-electron chi connectivity index (χ1n) is 7.53. The van der Waals surface area contributed by atoms with Crippen molar-refractivity contribution in [2.75, 3.05) is 0 Å². The second-order valence-corrected chi connectivity index (χ2v) is 5.79. The Balaban J connectivity index is 2.01. The first-order chi connectivity index (χ1) is 10.7. The molecule has 22 heavy (non-hydrogen) atoms. The highest BCUT2D eigenvalue weighted by Gasteiger charge is 2.49. The van der Waals surface area contributed by atoms with E-state index >= 15 is 0 Å². The van der Waals surface area contributed by atoms with Crippen molar-refractivity contribution < 1.29 is 14.6 Å². The van der Waals surface area contributed by atoms with Gasteiger partial charge in [0.1, 0.15) is 11.5 Å². The van der Waals surface area contributed by atoms with Crippen LogP contribution >= 0.6 is 0 Å². The highest BCUT2D eigenvalue weighted by Crippen LogP contribution is 2.50. The third-order valence-electron chi connectivity index (χ3n) is 4.52. The van der Waals surface area contributed by atoms with Crippen molar-refractivity contribution in [2.24, 2.45) is 0 Å². The maximum absolute atomic E-state index is 12.5. The number of hydrogen-bond donors (Lipinski definition) is 1. The third kappa shape index (κ3) is 1.72. The van der Waals surface area contributed by atoms with Crippen LogP contribution in [0.15, 0.2) is 60.2 Å². The SMILES string of the molecule is O=C1CCCC2(c3ccccc3)Oc3ccccc3C(O)=C12. The second-order valence-electron chi connectivity index (χ2n) is 5.79. The van der Waals surface area contributed by atoms with E-state index in [1.807, 2.05) is 48.5 Å².